The van der Waals surface area contributed by atoms with Crippen molar-refractivity contribution in [1.82, 2.24) is 5.32 Å². The highest BCUT2D eigenvalue weighted by molar-refractivity contribution is 5.92. The number of carboxylic acid groups (broad SMARTS) is 1. The predicted octanol–water partition coefficient (Wildman–Crippen LogP) is 2.33. The van der Waals surface area contributed by atoms with Crippen LogP contribution in [0.25, 0.3) is 6.08 Å². The van der Waals surface area contributed by atoms with E-state index < -0.39 is 5.97 Å². The van der Waals surface area contributed by atoms with Gasteiger partial charge in [0.05, 0.1) is 18.1 Å². The lowest BCUT2D eigenvalue weighted by molar-refractivity contribution is -0.137. The number of amides is 1. The molecule has 0 bridgehead atoms. The van der Waals surface area contributed by atoms with Gasteiger partial charge >= 0.3 is 5.97 Å². The van der Waals surface area contributed by atoms with Crippen molar-refractivity contribution < 1.29 is 14.7 Å². The number of nitrogens with zero attached hydrogens (tertiary/aromatic N) is 1. The molecule has 1 amide bonds. The van der Waals surface area contributed by atoms with Crippen LogP contribution in [-0.4, -0.2) is 23.0 Å². The van der Waals surface area contributed by atoms with Crippen molar-refractivity contribution in [3.63, 3.8) is 0 Å². The van der Waals surface area contributed by atoms with E-state index in [1.807, 2.05) is 13.0 Å². The van der Waals surface area contributed by atoms with Crippen molar-refractivity contribution in [2.75, 3.05) is 0 Å². The molecule has 21 heavy (non-hydrogen) atoms. The number of aliphatic carboxylic acids is 1. The summed E-state index contributed by atoms with van der Waals surface area (Å²) < 4.78 is 0. The Morgan fingerprint density at radius 1 is 1.48 bits per heavy atom. The van der Waals surface area contributed by atoms with E-state index in [1.54, 1.807) is 30.3 Å². The molecule has 0 heterocycles. The predicted molar refractivity (Wildman–Crippen MR) is 79.3 cm³/mol. The highest BCUT2D eigenvalue weighted by Gasteiger charge is 2.13. The van der Waals surface area contributed by atoms with Crippen LogP contribution in [0.3, 0.4) is 0 Å². The van der Waals surface area contributed by atoms with Crippen LogP contribution < -0.4 is 5.32 Å². The summed E-state index contributed by atoms with van der Waals surface area (Å²) in [5, 5.41) is 20.3. The number of hydrogen-bond donors (Lipinski definition) is 2. The summed E-state index contributed by atoms with van der Waals surface area (Å²) in [6, 6.07) is 8.53. The summed E-state index contributed by atoms with van der Waals surface area (Å²) in [4.78, 5) is 22.5. The fourth-order valence-corrected chi connectivity index (χ4v) is 1.92. The lowest BCUT2D eigenvalue weighted by Gasteiger charge is -2.14. The first-order valence-corrected chi connectivity index (χ1v) is 6.75. The van der Waals surface area contributed by atoms with E-state index in [0.29, 0.717) is 12.0 Å². The first-order chi connectivity index (χ1) is 10.0. The first-order valence-electron chi connectivity index (χ1n) is 6.75. The molecule has 1 unspecified atom stereocenters. The van der Waals surface area contributed by atoms with Crippen molar-refractivity contribution in [3.8, 4) is 6.07 Å². The van der Waals surface area contributed by atoms with Gasteiger partial charge in [0.15, 0.2) is 0 Å². The number of nitrogens with one attached hydrogen (secondary N) is 1. The van der Waals surface area contributed by atoms with Crippen molar-refractivity contribution >= 4 is 18.0 Å². The van der Waals surface area contributed by atoms with Gasteiger partial charge in [-0.05, 0) is 30.2 Å². The molecule has 0 fully saturated rings. The summed E-state index contributed by atoms with van der Waals surface area (Å²) >= 11 is 0. The van der Waals surface area contributed by atoms with Gasteiger partial charge in [0.2, 0.25) is 5.91 Å². The van der Waals surface area contributed by atoms with Crippen LogP contribution in [0.1, 0.15) is 37.3 Å². The molecule has 1 atom stereocenters. The Balaban J connectivity index is 2.64. The van der Waals surface area contributed by atoms with Crippen molar-refractivity contribution in [2.24, 2.45) is 0 Å². The monoisotopic (exact) mass is 286 g/mol. The van der Waals surface area contributed by atoms with Gasteiger partial charge in [-0.3, -0.25) is 9.59 Å². The number of benzene rings is 1. The van der Waals surface area contributed by atoms with Crippen LogP contribution in [-0.2, 0) is 9.59 Å². The molecule has 0 radical (unpaired) electrons. The van der Waals surface area contributed by atoms with Crippen LogP contribution in [0.15, 0.2) is 30.3 Å². The number of carbonyl (C=O) groups is 2. The molecule has 0 aliphatic heterocycles. The number of carboxylic acids is 1. The van der Waals surface area contributed by atoms with Gasteiger partial charge in [0.1, 0.15) is 0 Å². The summed E-state index contributed by atoms with van der Waals surface area (Å²) in [7, 11) is 0. The largest absolute Gasteiger partial charge is 0.481 e. The second kappa shape index (κ2) is 8.54. The van der Waals surface area contributed by atoms with E-state index in [1.165, 1.54) is 6.08 Å². The Kier molecular flexibility index (Phi) is 6.69. The topological polar surface area (TPSA) is 90.2 Å². The van der Waals surface area contributed by atoms with E-state index in [0.717, 1.165) is 12.0 Å². The smallest absolute Gasteiger partial charge is 0.305 e. The third-order valence-electron chi connectivity index (χ3n) is 2.85. The number of rotatable bonds is 7. The normalized spacial score (nSPS) is 11.8. The molecule has 0 aliphatic carbocycles. The SMILES string of the molecule is CCCC(CC(=O)O)NC(=O)/C=C/c1cccc(C#N)c1. The maximum atomic E-state index is 11.8. The molecule has 2 N–H and O–H groups in total. The number of carbonyl (C=O) groups excluding carboxylic acids is 1. The van der Waals surface area contributed by atoms with E-state index >= 15 is 0 Å². The van der Waals surface area contributed by atoms with Gasteiger partial charge < -0.3 is 10.4 Å². The fourth-order valence-electron chi connectivity index (χ4n) is 1.92. The number of nitriles is 1. The zero-order valence-corrected chi connectivity index (χ0v) is 11.9. The zero-order chi connectivity index (χ0) is 15.7. The molecule has 0 aromatic heterocycles. The van der Waals surface area contributed by atoms with Crippen molar-refractivity contribution in [1.29, 1.82) is 5.26 Å². The van der Waals surface area contributed by atoms with E-state index in [2.05, 4.69) is 5.32 Å². The van der Waals surface area contributed by atoms with Crippen molar-refractivity contribution in [2.45, 2.75) is 32.2 Å². The molecular formula is C16H18N2O3. The molecule has 1 aromatic rings. The average molecular weight is 286 g/mol. The zero-order valence-electron chi connectivity index (χ0n) is 11.9. The van der Waals surface area contributed by atoms with E-state index in [9.17, 15) is 9.59 Å². The maximum Gasteiger partial charge on any atom is 0.305 e. The maximum absolute atomic E-state index is 11.8. The highest BCUT2D eigenvalue weighted by atomic mass is 16.4. The molecule has 0 saturated carbocycles. The van der Waals surface area contributed by atoms with E-state index in [4.69, 9.17) is 10.4 Å². The molecule has 0 saturated heterocycles. The Bertz CT molecular complexity index is 573. The molecule has 5 heteroatoms. The van der Waals surface area contributed by atoms with Gasteiger partial charge in [0.25, 0.3) is 0 Å². The molecule has 1 rings (SSSR count). The van der Waals surface area contributed by atoms with Gasteiger partial charge in [-0.25, -0.2) is 0 Å². The standard InChI is InChI=1S/C16H18N2O3/c1-2-4-14(10-16(20)21)18-15(19)8-7-12-5-3-6-13(9-12)11-17/h3,5-9,14H,2,4,10H2,1H3,(H,18,19)(H,20,21)/b8-7+. The summed E-state index contributed by atoms with van der Waals surface area (Å²) in [5.41, 5.74) is 1.27. The minimum Gasteiger partial charge on any atom is -0.481 e. The molecule has 110 valence electrons. The molecule has 1 aromatic carbocycles. The summed E-state index contributed by atoms with van der Waals surface area (Å²) in [6.07, 6.45) is 4.28. The second-order valence-corrected chi connectivity index (χ2v) is 4.66. The highest BCUT2D eigenvalue weighted by Crippen LogP contribution is 2.06. The van der Waals surface area contributed by atoms with E-state index in [-0.39, 0.29) is 18.4 Å². The van der Waals surface area contributed by atoms with Crippen LogP contribution in [0.5, 0.6) is 0 Å². The third-order valence-corrected chi connectivity index (χ3v) is 2.85. The Labute approximate surface area is 123 Å². The van der Waals surface area contributed by atoms with Gasteiger partial charge in [-0.15, -0.1) is 0 Å². The first kappa shape index (κ1) is 16.4. The van der Waals surface area contributed by atoms with Crippen LogP contribution in [0.2, 0.25) is 0 Å². The Morgan fingerprint density at radius 2 is 2.24 bits per heavy atom. The van der Waals surface area contributed by atoms with Gasteiger partial charge in [-0.1, -0.05) is 25.5 Å². The minimum atomic E-state index is -0.931. The lowest BCUT2D eigenvalue weighted by Crippen LogP contribution is -2.35. The molecule has 0 spiro atoms. The van der Waals surface area contributed by atoms with Gasteiger partial charge in [0, 0.05) is 12.1 Å². The third kappa shape index (κ3) is 6.39. The second-order valence-electron chi connectivity index (χ2n) is 4.66. The van der Waals surface area contributed by atoms with Crippen LogP contribution in [0.4, 0.5) is 0 Å². The van der Waals surface area contributed by atoms with Gasteiger partial charge in [-0.2, -0.15) is 5.26 Å². The fraction of sp³-hybridized carbons (Fsp3) is 0.312. The lowest BCUT2D eigenvalue weighted by atomic mass is 10.1. The number of hydrogen-bond acceptors (Lipinski definition) is 3. The average Bonchev–Trinajstić information content (AvgIpc) is 2.45. The molecular weight excluding hydrogens is 268 g/mol. The summed E-state index contributed by atoms with van der Waals surface area (Å²) in [6.45, 7) is 1.93. The van der Waals surface area contributed by atoms with Crippen LogP contribution in [0, 0.1) is 11.3 Å². The Hall–Kier alpha value is -2.61. The molecule has 0 aliphatic rings. The Morgan fingerprint density at radius 3 is 2.86 bits per heavy atom. The molecule has 5 nitrogen and oxygen atoms in total. The summed E-state index contributed by atoms with van der Waals surface area (Å²) in [5.74, 6) is -1.27. The van der Waals surface area contributed by atoms with Crippen LogP contribution >= 0.6 is 0 Å². The van der Waals surface area contributed by atoms with Crippen molar-refractivity contribution in [3.05, 3.63) is 41.5 Å². The minimum absolute atomic E-state index is 0.0860. The quantitative estimate of drug-likeness (QED) is 0.753.